The van der Waals surface area contributed by atoms with Crippen molar-refractivity contribution in [2.75, 3.05) is 13.2 Å². The van der Waals surface area contributed by atoms with Gasteiger partial charge < -0.3 is 25.0 Å². The number of hydrogen-bond donors (Lipinski definition) is 2. The maximum Gasteiger partial charge on any atom is 0.408 e. The highest BCUT2D eigenvalue weighted by Crippen LogP contribution is 2.34. The molecule has 1 aromatic rings. The number of esters is 1. The van der Waals surface area contributed by atoms with Crippen molar-refractivity contribution < 1.29 is 28.7 Å². The van der Waals surface area contributed by atoms with Gasteiger partial charge in [-0.1, -0.05) is 31.9 Å². The SMILES string of the molecule is C#Cc1ccc(C(C(=O)NCCC(=O)OCC)N(C(=O)C(CC(C)C)NC(=O)OC(C)(C)C)C2CCC2)cc1. The predicted molar refractivity (Wildman–Crippen MR) is 148 cm³/mol. The van der Waals surface area contributed by atoms with Crippen LogP contribution in [-0.2, 0) is 23.9 Å². The molecule has 0 heterocycles. The Bertz CT molecular complexity index is 1030. The molecule has 0 saturated heterocycles. The molecule has 0 aliphatic heterocycles. The van der Waals surface area contributed by atoms with Crippen LogP contribution in [0.1, 0.15) is 90.8 Å². The van der Waals surface area contributed by atoms with Crippen molar-refractivity contribution >= 4 is 23.9 Å². The fourth-order valence-electron chi connectivity index (χ4n) is 4.32. The van der Waals surface area contributed by atoms with E-state index in [1.807, 2.05) is 13.8 Å². The first kappa shape index (κ1) is 31.7. The first-order valence-electron chi connectivity index (χ1n) is 13.7. The van der Waals surface area contributed by atoms with Gasteiger partial charge in [0.1, 0.15) is 17.7 Å². The van der Waals surface area contributed by atoms with Crippen LogP contribution in [-0.4, -0.2) is 59.6 Å². The van der Waals surface area contributed by atoms with Gasteiger partial charge in [0, 0.05) is 18.2 Å². The van der Waals surface area contributed by atoms with Gasteiger partial charge in [-0.25, -0.2) is 4.79 Å². The fourth-order valence-corrected chi connectivity index (χ4v) is 4.32. The number of amides is 3. The van der Waals surface area contributed by atoms with E-state index in [2.05, 4.69) is 16.6 Å². The Morgan fingerprint density at radius 2 is 1.77 bits per heavy atom. The average Bonchev–Trinajstić information content (AvgIpc) is 2.80. The number of rotatable bonds is 12. The highest BCUT2D eigenvalue weighted by atomic mass is 16.6. The quantitative estimate of drug-likeness (QED) is 0.304. The lowest BCUT2D eigenvalue weighted by Gasteiger charge is -2.43. The summed E-state index contributed by atoms with van der Waals surface area (Å²) in [6.07, 6.45) is 7.62. The smallest absolute Gasteiger partial charge is 0.408 e. The molecule has 1 aromatic carbocycles. The van der Waals surface area contributed by atoms with Crippen LogP contribution in [0.15, 0.2) is 24.3 Å². The Morgan fingerprint density at radius 3 is 2.26 bits per heavy atom. The van der Waals surface area contributed by atoms with Crippen molar-refractivity contribution in [2.45, 2.75) is 97.4 Å². The summed E-state index contributed by atoms with van der Waals surface area (Å²) in [6, 6.07) is 4.88. The van der Waals surface area contributed by atoms with E-state index >= 15 is 0 Å². The summed E-state index contributed by atoms with van der Waals surface area (Å²) in [6.45, 7) is 11.2. The molecule has 1 aliphatic carbocycles. The maximum absolute atomic E-state index is 14.2. The van der Waals surface area contributed by atoms with Crippen LogP contribution in [0.2, 0.25) is 0 Å². The number of carbonyl (C=O) groups excluding carboxylic acids is 4. The number of ether oxygens (including phenoxy) is 2. The van der Waals surface area contributed by atoms with E-state index in [-0.39, 0.29) is 37.4 Å². The van der Waals surface area contributed by atoms with Gasteiger partial charge in [0.25, 0.3) is 0 Å². The van der Waals surface area contributed by atoms with Gasteiger partial charge in [-0.05, 0) is 77.0 Å². The molecule has 1 saturated carbocycles. The molecule has 2 unspecified atom stereocenters. The Labute approximate surface area is 232 Å². The molecule has 9 nitrogen and oxygen atoms in total. The van der Waals surface area contributed by atoms with Crippen molar-refractivity contribution in [3.63, 3.8) is 0 Å². The van der Waals surface area contributed by atoms with Crippen LogP contribution in [0.25, 0.3) is 0 Å². The Hall–Kier alpha value is -3.54. The summed E-state index contributed by atoms with van der Waals surface area (Å²) in [5.41, 5.74) is 0.498. The van der Waals surface area contributed by atoms with Gasteiger partial charge in [0.15, 0.2) is 0 Å². The molecule has 0 aromatic heterocycles. The third-order valence-electron chi connectivity index (χ3n) is 6.27. The van der Waals surface area contributed by atoms with Crippen molar-refractivity contribution in [2.24, 2.45) is 5.92 Å². The molecular formula is C30H43N3O6. The highest BCUT2D eigenvalue weighted by Gasteiger charge is 2.42. The second kappa shape index (κ2) is 14.6. The van der Waals surface area contributed by atoms with Crippen molar-refractivity contribution in [1.82, 2.24) is 15.5 Å². The minimum atomic E-state index is -0.980. The fraction of sp³-hybridized carbons (Fsp3) is 0.600. The molecule has 2 N–H and O–H groups in total. The van der Waals surface area contributed by atoms with Crippen LogP contribution in [0, 0.1) is 18.3 Å². The van der Waals surface area contributed by atoms with Gasteiger partial charge in [-0.15, -0.1) is 6.42 Å². The average molecular weight is 542 g/mol. The third-order valence-corrected chi connectivity index (χ3v) is 6.27. The van der Waals surface area contributed by atoms with Gasteiger partial charge >= 0.3 is 12.1 Å². The standard InChI is InChI=1S/C30H43N3O6/c1-8-21-13-15-22(16-14-21)26(27(35)31-18-17-25(34)38-9-2)33(23-11-10-12-23)28(36)24(19-20(3)4)32-29(37)39-30(5,6)7/h1,13-16,20,23-24,26H,9-12,17-19H2,2-7H3,(H,31,35)(H,32,37). The molecule has 214 valence electrons. The Kier molecular flexibility index (Phi) is 11.8. The second-order valence-electron chi connectivity index (χ2n) is 11.2. The van der Waals surface area contributed by atoms with Crippen LogP contribution < -0.4 is 10.6 Å². The molecule has 0 radical (unpaired) electrons. The van der Waals surface area contributed by atoms with Crippen LogP contribution in [0.4, 0.5) is 4.79 Å². The Morgan fingerprint density at radius 1 is 1.13 bits per heavy atom. The van der Waals surface area contributed by atoms with Gasteiger partial charge in [0.05, 0.1) is 13.0 Å². The Balaban J connectivity index is 2.43. The molecule has 1 aliphatic rings. The zero-order chi connectivity index (χ0) is 29.2. The summed E-state index contributed by atoms with van der Waals surface area (Å²) in [4.78, 5) is 54.0. The zero-order valence-corrected chi connectivity index (χ0v) is 24.0. The van der Waals surface area contributed by atoms with Crippen molar-refractivity contribution in [3.05, 3.63) is 35.4 Å². The number of alkyl carbamates (subject to hydrolysis) is 1. The van der Waals surface area contributed by atoms with Gasteiger partial charge in [-0.3, -0.25) is 14.4 Å². The summed E-state index contributed by atoms with van der Waals surface area (Å²) >= 11 is 0. The lowest BCUT2D eigenvalue weighted by molar-refractivity contribution is -0.148. The van der Waals surface area contributed by atoms with Gasteiger partial charge in [-0.2, -0.15) is 0 Å². The molecular weight excluding hydrogens is 498 g/mol. The molecule has 0 bridgehead atoms. The first-order valence-corrected chi connectivity index (χ1v) is 13.7. The van der Waals surface area contributed by atoms with E-state index in [0.29, 0.717) is 17.5 Å². The third kappa shape index (κ3) is 9.93. The van der Waals surface area contributed by atoms with Crippen molar-refractivity contribution in [1.29, 1.82) is 0 Å². The van der Waals surface area contributed by atoms with E-state index in [9.17, 15) is 19.2 Å². The highest BCUT2D eigenvalue weighted by molar-refractivity contribution is 5.92. The predicted octanol–water partition coefficient (Wildman–Crippen LogP) is 4.10. The maximum atomic E-state index is 14.2. The summed E-state index contributed by atoms with van der Waals surface area (Å²) in [5.74, 6) is 1.45. The van der Waals surface area contributed by atoms with Gasteiger partial charge in [0.2, 0.25) is 11.8 Å². The van der Waals surface area contributed by atoms with E-state index in [1.165, 1.54) is 0 Å². The van der Waals surface area contributed by atoms with Crippen LogP contribution >= 0.6 is 0 Å². The zero-order valence-electron chi connectivity index (χ0n) is 24.0. The topological polar surface area (TPSA) is 114 Å². The number of carbonyl (C=O) groups is 4. The molecule has 0 spiro atoms. The molecule has 9 heteroatoms. The second-order valence-corrected chi connectivity index (χ2v) is 11.2. The monoisotopic (exact) mass is 541 g/mol. The summed E-state index contributed by atoms with van der Waals surface area (Å²) < 4.78 is 10.4. The minimum Gasteiger partial charge on any atom is -0.466 e. The number of hydrogen-bond acceptors (Lipinski definition) is 6. The van der Waals surface area contributed by atoms with E-state index in [0.717, 1.165) is 19.3 Å². The van der Waals surface area contributed by atoms with E-state index < -0.39 is 35.7 Å². The number of nitrogens with zero attached hydrogens (tertiary/aromatic N) is 1. The largest absolute Gasteiger partial charge is 0.466 e. The molecule has 2 rings (SSSR count). The number of terminal acetylenes is 1. The number of nitrogens with one attached hydrogen (secondary N) is 2. The van der Waals surface area contributed by atoms with E-state index in [4.69, 9.17) is 15.9 Å². The normalized spacial score (nSPS) is 14.8. The minimum absolute atomic E-state index is 0.00980. The molecule has 3 amide bonds. The van der Waals surface area contributed by atoms with E-state index in [1.54, 1.807) is 56.9 Å². The van der Waals surface area contributed by atoms with Crippen LogP contribution in [0.5, 0.6) is 0 Å². The summed E-state index contributed by atoms with van der Waals surface area (Å²) in [7, 11) is 0. The molecule has 1 fully saturated rings. The lowest BCUT2D eigenvalue weighted by Crippen LogP contribution is -2.57. The first-order chi connectivity index (χ1) is 18.4. The lowest BCUT2D eigenvalue weighted by atomic mass is 9.87. The molecule has 39 heavy (non-hydrogen) atoms. The number of benzene rings is 1. The molecule has 2 atom stereocenters. The van der Waals surface area contributed by atoms with Crippen LogP contribution in [0.3, 0.4) is 0 Å². The van der Waals surface area contributed by atoms with Crippen molar-refractivity contribution in [3.8, 4) is 12.3 Å². The summed E-state index contributed by atoms with van der Waals surface area (Å²) in [5, 5.41) is 5.56.